The number of rotatable bonds is 8. The zero-order chi connectivity index (χ0) is 18.1. The summed E-state index contributed by atoms with van der Waals surface area (Å²) < 4.78 is 9.81. The highest BCUT2D eigenvalue weighted by molar-refractivity contribution is 6.02. The summed E-state index contributed by atoms with van der Waals surface area (Å²) in [4.78, 5) is 26.6. The van der Waals surface area contributed by atoms with Crippen molar-refractivity contribution in [2.75, 3.05) is 57.3 Å². The smallest absolute Gasteiger partial charge is 0.253 e. The fraction of sp³-hybridized carbons (Fsp3) is 0.556. The van der Waals surface area contributed by atoms with Gasteiger partial charge in [0.05, 0.1) is 12.2 Å². The Hall–Kier alpha value is -2.12. The Balaban J connectivity index is 2.21. The molecule has 7 nitrogen and oxygen atoms in total. The molecule has 0 radical (unpaired) electrons. The molecule has 0 spiro atoms. The van der Waals surface area contributed by atoms with Crippen molar-refractivity contribution in [3.63, 3.8) is 0 Å². The molecule has 0 aliphatic carbocycles. The van der Waals surface area contributed by atoms with Crippen LogP contribution in [0, 0.1) is 0 Å². The van der Waals surface area contributed by atoms with Crippen LogP contribution >= 0.6 is 0 Å². The van der Waals surface area contributed by atoms with Crippen LogP contribution in [0.25, 0.3) is 0 Å². The van der Waals surface area contributed by atoms with Crippen LogP contribution < -0.4 is 15.5 Å². The highest BCUT2D eigenvalue weighted by Gasteiger charge is 2.19. The van der Waals surface area contributed by atoms with E-state index >= 15 is 0 Å². The van der Waals surface area contributed by atoms with Crippen LogP contribution in [-0.4, -0.2) is 58.9 Å². The van der Waals surface area contributed by atoms with Crippen LogP contribution in [-0.2, 0) is 14.3 Å². The number of ether oxygens (including phenoxy) is 2. The van der Waals surface area contributed by atoms with E-state index in [9.17, 15) is 9.59 Å². The number of carbonyl (C=O) groups excluding carboxylic acids is 2. The molecule has 1 fully saturated rings. The molecule has 1 aromatic carbocycles. The highest BCUT2D eigenvalue weighted by Crippen LogP contribution is 2.27. The van der Waals surface area contributed by atoms with E-state index in [1.807, 2.05) is 12.1 Å². The lowest BCUT2D eigenvalue weighted by molar-refractivity contribution is -0.119. The normalized spacial score (nSPS) is 14.2. The standard InChI is InChI=1S/C18H27N3O4/c1-24-11-8-19-18(23)15-12-14(20-17(22)13-25-2)6-7-16(15)21-9-4-3-5-10-21/h6-7,12H,3-5,8-11,13H2,1-2H3,(H,19,23)(H,20,22). The van der Waals surface area contributed by atoms with Crippen molar-refractivity contribution in [1.82, 2.24) is 5.32 Å². The number of piperidine rings is 1. The lowest BCUT2D eigenvalue weighted by atomic mass is 10.1. The Bertz CT molecular complexity index is 586. The van der Waals surface area contributed by atoms with Crippen molar-refractivity contribution in [3.8, 4) is 0 Å². The number of benzene rings is 1. The van der Waals surface area contributed by atoms with E-state index < -0.39 is 0 Å². The second-order valence-electron chi connectivity index (χ2n) is 6.01. The third kappa shape index (κ3) is 5.72. The van der Waals surface area contributed by atoms with Crippen molar-refractivity contribution < 1.29 is 19.1 Å². The summed E-state index contributed by atoms with van der Waals surface area (Å²) in [6.45, 7) is 2.74. The fourth-order valence-electron chi connectivity index (χ4n) is 2.90. The first-order valence-corrected chi connectivity index (χ1v) is 8.60. The van der Waals surface area contributed by atoms with Gasteiger partial charge in [-0.25, -0.2) is 0 Å². The molecule has 25 heavy (non-hydrogen) atoms. The molecule has 1 saturated heterocycles. The largest absolute Gasteiger partial charge is 0.383 e. The van der Waals surface area contributed by atoms with Gasteiger partial charge < -0.3 is 25.0 Å². The Labute approximate surface area is 148 Å². The van der Waals surface area contributed by atoms with E-state index in [0.29, 0.717) is 24.4 Å². The van der Waals surface area contributed by atoms with E-state index in [1.54, 1.807) is 13.2 Å². The number of hydrogen-bond donors (Lipinski definition) is 2. The molecule has 0 unspecified atom stereocenters. The van der Waals surface area contributed by atoms with Gasteiger partial charge in [0.1, 0.15) is 6.61 Å². The third-order valence-corrected chi connectivity index (χ3v) is 4.09. The number of nitrogens with zero attached hydrogens (tertiary/aromatic N) is 1. The molecule has 1 aliphatic heterocycles. The minimum absolute atomic E-state index is 0.0246. The van der Waals surface area contributed by atoms with Crippen molar-refractivity contribution in [1.29, 1.82) is 0 Å². The summed E-state index contributed by atoms with van der Waals surface area (Å²) in [6, 6.07) is 5.45. The fourth-order valence-corrected chi connectivity index (χ4v) is 2.90. The second-order valence-corrected chi connectivity index (χ2v) is 6.01. The molecular formula is C18H27N3O4. The maximum Gasteiger partial charge on any atom is 0.253 e. The molecule has 0 atom stereocenters. The van der Waals surface area contributed by atoms with Crippen LogP contribution in [0.15, 0.2) is 18.2 Å². The zero-order valence-corrected chi connectivity index (χ0v) is 15.0. The minimum Gasteiger partial charge on any atom is -0.383 e. The summed E-state index contributed by atoms with van der Waals surface area (Å²) in [5.41, 5.74) is 2.05. The molecule has 0 saturated carbocycles. The van der Waals surface area contributed by atoms with Crippen molar-refractivity contribution in [2.45, 2.75) is 19.3 Å². The first-order chi connectivity index (χ1) is 12.2. The number of anilines is 2. The summed E-state index contributed by atoms with van der Waals surface area (Å²) in [7, 11) is 3.06. The van der Waals surface area contributed by atoms with E-state index in [2.05, 4.69) is 15.5 Å². The average molecular weight is 349 g/mol. The maximum atomic E-state index is 12.6. The molecule has 138 valence electrons. The lowest BCUT2D eigenvalue weighted by Gasteiger charge is -2.30. The molecule has 1 heterocycles. The number of nitrogens with one attached hydrogen (secondary N) is 2. The van der Waals surface area contributed by atoms with Crippen LogP contribution in [0.5, 0.6) is 0 Å². The highest BCUT2D eigenvalue weighted by atomic mass is 16.5. The van der Waals surface area contributed by atoms with Gasteiger partial charge in [0, 0.05) is 45.2 Å². The number of hydrogen-bond acceptors (Lipinski definition) is 5. The molecule has 2 rings (SSSR count). The number of methoxy groups -OCH3 is 2. The lowest BCUT2D eigenvalue weighted by Crippen LogP contribution is -2.33. The maximum absolute atomic E-state index is 12.6. The van der Waals surface area contributed by atoms with Crippen LogP contribution in [0.2, 0.25) is 0 Å². The van der Waals surface area contributed by atoms with Crippen molar-refractivity contribution >= 4 is 23.2 Å². The predicted molar refractivity (Wildman–Crippen MR) is 97.2 cm³/mol. The summed E-state index contributed by atoms with van der Waals surface area (Å²) in [5.74, 6) is -0.417. The summed E-state index contributed by atoms with van der Waals surface area (Å²) in [6.07, 6.45) is 3.46. The van der Waals surface area contributed by atoms with Crippen molar-refractivity contribution in [3.05, 3.63) is 23.8 Å². The van der Waals surface area contributed by atoms with E-state index in [4.69, 9.17) is 9.47 Å². The number of amides is 2. The molecule has 0 aromatic heterocycles. The zero-order valence-electron chi connectivity index (χ0n) is 15.0. The van der Waals surface area contributed by atoms with E-state index in [0.717, 1.165) is 31.6 Å². The molecule has 2 amide bonds. The third-order valence-electron chi connectivity index (χ3n) is 4.09. The first kappa shape index (κ1) is 19.2. The molecule has 0 bridgehead atoms. The SMILES string of the molecule is COCCNC(=O)c1cc(NC(=O)COC)ccc1N1CCCCC1. The van der Waals surface area contributed by atoms with Gasteiger partial charge in [0.15, 0.2) is 0 Å². The van der Waals surface area contributed by atoms with E-state index in [1.165, 1.54) is 13.5 Å². The second kappa shape index (κ2) is 10.0. The van der Waals surface area contributed by atoms with Gasteiger partial charge in [-0.15, -0.1) is 0 Å². The predicted octanol–water partition coefficient (Wildman–Crippen LogP) is 1.64. The monoisotopic (exact) mass is 349 g/mol. The molecule has 1 aromatic rings. The molecular weight excluding hydrogens is 322 g/mol. The van der Waals surface area contributed by atoms with Crippen LogP contribution in [0.1, 0.15) is 29.6 Å². The molecule has 7 heteroatoms. The van der Waals surface area contributed by atoms with Gasteiger partial charge in [-0.05, 0) is 37.5 Å². The van der Waals surface area contributed by atoms with Gasteiger partial charge in [-0.3, -0.25) is 9.59 Å². The summed E-state index contributed by atoms with van der Waals surface area (Å²) in [5, 5.41) is 5.61. The minimum atomic E-state index is -0.251. The van der Waals surface area contributed by atoms with E-state index in [-0.39, 0.29) is 18.4 Å². The van der Waals surface area contributed by atoms with Crippen LogP contribution in [0.4, 0.5) is 11.4 Å². The van der Waals surface area contributed by atoms with Gasteiger partial charge in [-0.1, -0.05) is 0 Å². The Morgan fingerprint density at radius 1 is 1.12 bits per heavy atom. The van der Waals surface area contributed by atoms with Gasteiger partial charge in [0.2, 0.25) is 5.91 Å². The Morgan fingerprint density at radius 2 is 1.88 bits per heavy atom. The Morgan fingerprint density at radius 3 is 2.56 bits per heavy atom. The van der Waals surface area contributed by atoms with Gasteiger partial charge in [-0.2, -0.15) is 0 Å². The van der Waals surface area contributed by atoms with Crippen molar-refractivity contribution in [2.24, 2.45) is 0 Å². The first-order valence-electron chi connectivity index (χ1n) is 8.60. The average Bonchev–Trinajstić information content (AvgIpc) is 2.62. The molecule has 2 N–H and O–H groups in total. The quantitative estimate of drug-likeness (QED) is 0.698. The van der Waals surface area contributed by atoms with Gasteiger partial charge in [0.25, 0.3) is 5.91 Å². The topological polar surface area (TPSA) is 79.9 Å². The molecule has 1 aliphatic rings. The van der Waals surface area contributed by atoms with Crippen LogP contribution in [0.3, 0.4) is 0 Å². The number of carbonyl (C=O) groups is 2. The Kier molecular flexibility index (Phi) is 7.69. The van der Waals surface area contributed by atoms with Gasteiger partial charge >= 0.3 is 0 Å². The summed E-state index contributed by atoms with van der Waals surface area (Å²) >= 11 is 0.